The molecule has 1 aromatic rings. The topological polar surface area (TPSA) is 136 Å². The van der Waals surface area contributed by atoms with Gasteiger partial charge in [-0.1, -0.05) is 12.8 Å². The minimum atomic E-state index is -0.948. The molecule has 0 saturated heterocycles. The van der Waals surface area contributed by atoms with Gasteiger partial charge in [-0.05, 0) is 31.9 Å². The van der Waals surface area contributed by atoms with Gasteiger partial charge in [0.25, 0.3) is 11.6 Å². The number of nitro groups is 1. The number of carboxylic acids is 1. The second-order valence-electron chi connectivity index (χ2n) is 6.04. The molecule has 2 unspecified atom stereocenters. The highest BCUT2D eigenvalue weighted by atomic mass is 16.6. The first-order valence-electron chi connectivity index (χ1n) is 7.34. The Morgan fingerprint density at radius 3 is 2.74 bits per heavy atom. The predicted octanol–water partition coefficient (Wildman–Crippen LogP) is 1.94. The molecule has 2 atom stereocenters. The van der Waals surface area contributed by atoms with Crippen LogP contribution < -0.4 is 11.1 Å². The van der Waals surface area contributed by atoms with Crippen LogP contribution in [0.5, 0.6) is 0 Å². The summed E-state index contributed by atoms with van der Waals surface area (Å²) in [5.74, 6) is -2.16. The van der Waals surface area contributed by atoms with Crippen LogP contribution in [-0.4, -0.2) is 27.4 Å². The van der Waals surface area contributed by atoms with Gasteiger partial charge in [0.05, 0.1) is 16.4 Å². The van der Waals surface area contributed by atoms with E-state index in [0.29, 0.717) is 12.8 Å². The number of nitrogens with two attached hydrogens (primary N) is 1. The molecule has 8 heteroatoms. The lowest BCUT2D eigenvalue weighted by molar-refractivity contribution is -0.383. The summed E-state index contributed by atoms with van der Waals surface area (Å²) in [6.45, 7) is 1.70. The molecule has 0 heterocycles. The van der Waals surface area contributed by atoms with Crippen molar-refractivity contribution in [2.45, 2.75) is 38.1 Å². The molecule has 0 bridgehead atoms. The van der Waals surface area contributed by atoms with Gasteiger partial charge < -0.3 is 16.2 Å². The largest absolute Gasteiger partial charge is 0.481 e. The number of rotatable bonds is 4. The number of hydrogen-bond acceptors (Lipinski definition) is 5. The number of nitrogens with zero attached hydrogens (tertiary/aromatic N) is 1. The fourth-order valence-electron chi connectivity index (χ4n) is 3.05. The van der Waals surface area contributed by atoms with E-state index in [2.05, 4.69) is 5.32 Å². The minimum absolute atomic E-state index is 0.0289. The van der Waals surface area contributed by atoms with Crippen molar-refractivity contribution in [1.82, 2.24) is 5.32 Å². The molecule has 2 rings (SSSR count). The molecule has 1 amide bonds. The van der Waals surface area contributed by atoms with E-state index < -0.39 is 28.3 Å². The van der Waals surface area contributed by atoms with Crippen LogP contribution in [0.4, 0.5) is 11.4 Å². The van der Waals surface area contributed by atoms with E-state index in [0.717, 1.165) is 18.9 Å². The van der Waals surface area contributed by atoms with Gasteiger partial charge in [0.2, 0.25) is 0 Å². The third kappa shape index (κ3) is 3.41. The van der Waals surface area contributed by atoms with Crippen molar-refractivity contribution in [3.63, 3.8) is 0 Å². The minimum Gasteiger partial charge on any atom is -0.481 e. The van der Waals surface area contributed by atoms with Crippen LogP contribution in [-0.2, 0) is 4.79 Å². The fourth-order valence-corrected chi connectivity index (χ4v) is 3.05. The van der Waals surface area contributed by atoms with E-state index in [4.69, 9.17) is 5.73 Å². The number of nitrogens with one attached hydrogen (secondary N) is 1. The molecule has 0 radical (unpaired) electrons. The highest BCUT2D eigenvalue weighted by Crippen LogP contribution is 2.34. The molecule has 1 fully saturated rings. The first kappa shape index (κ1) is 16.7. The van der Waals surface area contributed by atoms with Gasteiger partial charge in [-0.15, -0.1) is 0 Å². The summed E-state index contributed by atoms with van der Waals surface area (Å²) in [5, 5.41) is 23.0. The Bertz CT molecular complexity index is 661. The van der Waals surface area contributed by atoms with E-state index in [9.17, 15) is 24.8 Å². The van der Waals surface area contributed by atoms with Crippen molar-refractivity contribution >= 4 is 23.3 Å². The highest BCUT2D eigenvalue weighted by Gasteiger charge is 2.42. The zero-order valence-corrected chi connectivity index (χ0v) is 12.7. The summed E-state index contributed by atoms with van der Waals surface area (Å²) in [5.41, 5.74) is 4.34. The number of aliphatic carboxylic acids is 1. The lowest BCUT2D eigenvalue weighted by Gasteiger charge is -2.39. The number of anilines is 1. The second kappa shape index (κ2) is 6.23. The Balaban J connectivity index is 2.25. The summed E-state index contributed by atoms with van der Waals surface area (Å²) >= 11 is 0. The number of nitrogen functional groups attached to an aromatic ring is 1. The van der Waals surface area contributed by atoms with E-state index in [1.165, 1.54) is 12.1 Å². The molecule has 1 aliphatic carbocycles. The quantitative estimate of drug-likeness (QED) is 0.440. The first-order valence-corrected chi connectivity index (χ1v) is 7.34. The number of carboxylic acid groups (broad SMARTS) is 1. The lowest BCUT2D eigenvalue weighted by atomic mass is 9.73. The van der Waals surface area contributed by atoms with Crippen LogP contribution in [0.25, 0.3) is 0 Å². The summed E-state index contributed by atoms with van der Waals surface area (Å²) in [6, 6.07) is 3.79. The van der Waals surface area contributed by atoms with Crippen LogP contribution in [0.3, 0.4) is 0 Å². The zero-order chi connectivity index (χ0) is 17.2. The van der Waals surface area contributed by atoms with Gasteiger partial charge in [-0.3, -0.25) is 19.7 Å². The van der Waals surface area contributed by atoms with E-state index in [1.807, 2.05) is 0 Å². The van der Waals surface area contributed by atoms with E-state index >= 15 is 0 Å². The van der Waals surface area contributed by atoms with Crippen LogP contribution in [0.1, 0.15) is 43.0 Å². The van der Waals surface area contributed by atoms with Crippen LogP contribution >= 0.6 is 0 Å². The Labute approximate surface area is 132 Å². The number of carbonyl (C=O) groups excluding carboxylic acids is 1. The van der Waals surface area contributed by atoms with E-state index in [-0.39, 0.29) is 16.9 Å². The number of hydrogen-bond donors (Lipinski definition) is 3. The Kier molecular flexibility index (Phi) is 4.53. The maximum absolute atomic E-state index is 12.4. The smallest absolute Gasteiger partial charge is 0.308 e. The van der Waals surface area contributed by atoms with Gasteiger partial charge in [0, 0.05) is 11.6 Å². The summed E-state index contributed by atoms with van der Waals surface area (Å²) in [7, 11) is 0. The second-order valence-corrected chi connectivity index (χ2v) is 6.04. The average Bonchev–Trinajstić information content (AvgIpc) is 2.46. The molecule has 23 heavy (non-hydrogen) atoms. The predicted molar refractivity (Wildman–Crippen MR) is 83.0 cm³/mol. The van der Waals surface area contributed by atoms with Crippen molar-refractivity contribution in [2.24, 2.45) is 5.92 Å². The standard InChI is InChI=1S/C15H19N3O5/c1-15(7-3-2-4-10(15)14(20)21)17-13(19)9-5-6-11(16)12(8-9)18(22)23/h5-6,8,10H,2-4,7,16H2,1H3,(H,17,19)(H,20,21). The third-order valence-corrected chi connectivity index (χ3v) is 4.39. The van der Waals surface area contributed by atoms with Gasteiger partial charge in [-0.25, -0.2) is 0 Å². The summed E-state index contributed by atoms with van der Waals surface area (Å²) in [6.07, 6.45) is 2.67. The summed E-state index contributed by atoms with van der Waals surface area (Å²) in [4.78, 5) is 34.1. The Morgan fingerprint density at radius 1 is 1.43 bits per heavy atom. The molecule has 124 valence electrons. The molecule has 4 N–H and O–H groups in total. The van der Waals surface area contributed by atoms with Crippen molar-refractivity contribution in [1.29, 1.82) is 0 Å². The fraction of sp³-hybridized carbons (Fsp3) is 0.467. The molecule has 8 nitrogen and oxygen atoms in total. The monoisotopic (exact) mass is 321 g/mol. The molecular formula is C15H19N3O5. The van der Waals surface area contributed by atoms with Gasteiger partial charge >= 0.3 is 5.97 Å². The first-order chi connectivity index (χ1) is 10.7. The highest BCUT2D eigenvalue weighted by molar-refractivity contribution is 5.96. The number of carbonyl (C=O) groups is 2. The number of benzene rings is 1. The van der Waals surface area contributed by atoms with E-state index in [1.54, 1.807) is 6.92 Å². The molecular weight excluding hydrogens is 302 g/mol. The molecule has 1 aliphatic rings. The molecule has 1 aromatic carbocycles. The Morgan fingerprint density at radius 2 is 2.13 bits per heavy atom. The molecule has 1 saturated carbocycles. The normalized spacial score (nSPS) is 24.0. The lowest BCUT2D eigenvalue weighted by Crippen LogP contribution is -2.55. The van der Waals surface area contributed by atoms with Crippen LogP contribution in [0.15, 0.2) is 18.2 Å². The van der Waals surface area contributed by atoms with Gasteiger partial charge in [-0.2, -0.15) is 0 Å². The number of amides is 1. The van der Waals surface area contributed by atoms with Gasteiger partial charge in [0.1, 0.15) is 5.69 Å². The SMILES string of the molecule is CC1(NC(=O)c2ccc(N)c([N+](=O)[O-])c2)CCCCC1C(=O)O. The third-order valence-electron chi connectivity index (χ3n) is 4.39. The maximum atomic E-state index is 12.4. The summed E-state index contributed by atoms with van der Waals surface area (Å²) < 4.78 is 0. The van der Waals surface area contributed by atoms with Crippen molar-refractivity contribution in [2.75, 3.05) is 5.73 Å². The van der Waals surface area contributed by atoms with Crippen molar-refractivity contribution < 1.29 is 19.6 Å². The zero-order valence-electron chi connectivity index (χ0n) is 12.7. The Hall–Kier alpha value is -2.64. The molecule has 0 spiro atoms. The average molecular weight is 321 g/mol. The van der Waals surface area contributed by atoms with Crippen molar-refractivity contribution in [3.05, 3.63) is 33.9 Å². The van der Waals surface area contributed by atoms with Crippen molar-refractivity contribution in [3.8, 4) is 0 Å². The van der Waals surface area contributed by atoms with Crippen LogP contribution in [0, 0.1) is 16.0 Å². The number of nitro benzene ring substituents is 1. The maximum Gasteiger partial charge on any atom is 0.308 e. The van der Waals surface area contributed by atoms with Gasteiger partial charge in [0.15, 0.2) is 0 Å². The molecule has 0 aliphatic heterocycles. The molecule has 0 aromatic heterocycles. The van der Waals surface area contributed by atoms with Crippen LogP contribution in [0.2, 0.25) is 0 Å².